The summed E-state index contributed by atoms with van der Waals surface area (Å²) >= 11 is -0.644. The Kier molecular flexibility index (Phi) is 6.18. The number of rotatable bonds is 2. The van der Waals surface area contributed by atoms with Gasteiger partial charge in [-0.2, -0.15) is 0 Å². The molecule has 1 fully saturated rings. The molecule has 1 unspecified atom stereocenters. The minimum absolute atomic E-state index is 0.0231. The van der Waals surface area contributed by atoms with Crippen molar-refractivity contribution in [3.8, 4) is 9.97 Å². The number of hydrogen-bond donors (Lipinski definition) is 0. The van der Waals surface area contributed by atoms with Crippen LogP contribution in [0.2, 0.25) is 0 Å². The molecule has 1 heterocycles. The second kappa shape index (κ2) is 6.99. The topological polar surface area (TPSA) is 18.5 Å². The Balaban J connectivity index is 2.05. The van der Waals surface area contributed by atoms with Gasteiger partial charge in [-0.1, -0.05) is 0 Å². The summed E-state index contributed by atoms with van der Waals surface area (Å²) in [5, 5.41) is 0. The molecule has 4 heteroatoms. The molecule has 0 N–H and O–H groups in total. The normalized spacial score (nSPS) is 22.2. The van der Waals surface area contributed by atoms with Gasteiger partial charge >= 0.3 is 19.3 Å². The summed E-state index contributed by atoms with van der Waals surface area (Å²) in [6, 6.07) is 0. The highest BCUT2D eigenvalue weighted by Gasteiger charge is 2.12. The fourth-order valence-electron chi connectivity index (χ4n) is 1.08. The van der Waals surface area contributed by atoms with E-state index in [1.54, 1.807) is 0 Å². The Labute approximate surface area is 86.4 Å². The molecule has 0 spiro atoms. The van der Waals surface area contributed by atoms with Crippen molar-refractivity contribution in [3.05, 3.63) is 0 Å². The fourth-order valence-corrected chi connectivity index (χ4v) is 1.56. The van der Waals surface area contributed by atoms with Crippen molar-refractivity contribution < 1.29 is 9.47 Å². The zero-order valence-electron chi connectivity index (χ0n) is 7.01. The summed E-state index contributed by atoms with van der Waals surface area (Å²) in [5.74, 6) is 2.86. The standard InChI is InChI=1S/C8H11O2.ClH.Mg/c1-2-6-9-8-5-3-4-7-10-8;;/h8H,3-7H2;1H;/q;;+1/p-1. The molecule has 12 heavy (non-hydrogen) atoms. The molecule has 0 aromatic carbocycles. The highest BCUT2D eigenvalue weighted by Crippen LogP contribution is 2.12. The van der Waals surface area contributed by atoms with Gasteiger partial charge in [0, 0.05) is 6.61 Å². The van der Waals surface area contributed by atoms with Crippen molar-refractivity contribution in [2.75, 3.05) is 13.2 Å². The van der Waals surface area contributed by atoms with Crippen LogP contribution < -0.4 is 0 Å². The van der Waals surface area contributed by atoms with Crippen LogP contribution in [0.5, 0.6) is 0 Å². The third-order valence-corrected chi connectivity index (χ3v) is 2.46. The van der Waals surface area contributed by atoms with Gasteiger partial charge in [0.25, 0.3) is 0 Å². The van der Waals surface area contributed by atoms with Gasteiger partial charge in [-0.25, -0.2) is 4.05 Å². The Morgan fingerprint density at radius 2 is 2.50 bits per heavy atom. The van der Waals surface area contributed by atoms with Crippen LogP contribution in [0.4, 0.5) is 0 Å². The molecule has 0 radical (unpaired) electrons. The average molecular weight is 199 g/mol. The largest absolute Gasteiger partial charge is 0.599 e. The quantitative estimate of drug-likeness (QED) is 0.493. The van der Waals surface area contributed by atoms with Crippen LogP contribution in [0.3, 0.4) is 0 Å². The first-order valence-corrected chi connectivity index (χ1v) is 7.03. The predicted molar refractivity (Wildman–Crippen MR) is 48.9 cm³/mol. The first-order chi connectivity index (χ1) is 5.93. The average Bonchev–Trinajstić information content (AvgIpc) is 2.14. The summed E-state index contributed by atoms with van der Waals surface area (Å²) in [4.78, 5) is 0. The van der Waals surface area contributed by atoms with Gasteiger partial charge in [0.15, 0.2) is 6.29 Å². The molecule has 1 saturated heterocycles. The number of halogens is 1. The SMILES string of the molecule is [Cl][Mg][C]#CCOC1CCCCO1. The van der Waals surface area contributed by atoms with Crippen molar-refractivity contribution in [1.82, 2.24) is 0 Å². The molecule has 1 aliphatic heterocycles. The molecule has 64 valence electrons. The molecule has 1 rings (SSSR count). The highest BCUT2D eigenvalue weighted by atomic mass is 35.5. The minimum atomic E-state index is -0.644. The lowest BCUT2D eigenvalue weighted by Crippen LogP contribution is -2.22. The first-order valence-electron chi connectivity index (χ1n) is 4.18. The lowest BCUT2D eigenvalue weighted by Gasteiger charge is -2.21. The summed E-state index contributed by atoms with van der Waals surface area (Å²) in [5.41, 5.74) is 0. The summed E-state index contributed by atoms with van der Waals surface area (Å²) in [6.07, 6.45) is 3.33. The first kappa shape index (κ1) is 10.6. The zero-order chi connectivity index (χ0) is 8.65. The van der Waals surface area contributed by atoms with Gasteiger partial charge in [-0.3, -0.25) is 0 Å². The fraction of sp³-hybridized carbons (Fsp3) is 0.750. The van der Waals surface area contributed by atoms with Gasteiger partial charge in [0.2, 0.25) is 0 Å². The van der Waals surface area contributed by atoms with E-state index in [0.717, 1.165) is 19.4 Å². The van der Waals surface area contributed by atoms with Crippen molar-refractivity contribution in [1.29, 1.82) is 0 Å². The van der Waals surface area contributed by atoms with Gasteiger partial charge in [-0.05, 0) is 19.3 Å². The van der Waals surface area contributed by atoms with Crippen molar-refractivity contribution in [2.24, 2.45) is 0 Å². The Hall–Kier alpha value is 0.536. The van der Waals surface area contributed by atoms with Crippen LogP contribution in [-0.4, -0.2) is 38.8 Å². The smallest absolute Gasteiger partial charge is 0.353 e. The number of ether oxygens (including phenoxy) is 2. The zero-order valence-corrected chi connectivity index (χ0v) is 9.18. The van der Waals surface area contributed by atoms with Crippen LogP contribution in [0.25, 0.3) is 0 Å². The van der Waals surface area contributed by atoms with Crippen molar-refractivity contribution in [3.63, 3.8) is 0 Å². The van der Waals surface area contributed by atoms with Crippen LogP contribution in [0.1, 0.15) is 19.3 Å². The van der Waals surface area contributed by atoms with E-state index in [0.29, 0.717) is 6.61 Å². The molecule has 0 bridgehead atoms. The summed E-state index contributed by atoms with van der Waals surface area (Å²) in [7, 11) is 5.50. The van der Waals surface area contributed by atoms with E-state index in [1.165, 1.54) is 6.42 Å². The molecule has 2 nitrogen and oxygen atoms in total. The third-order valence-electron chi connectivity index (χ3n) is 1.67. The Morgan fingerprint density at radius 3 is 3.17 bits per heavy atom. The van der Waals surface area contributed by atoms with E-state index in [2.05, 4.69) is 9.97 Å². The molecular formula is C8H11ClMgO2. The van der Waals surface area contributed by atoms with Crippen LogP contribution in [-0.2, 0) is 9.47 Å². The maximum atomic E-state index is 5.50. The molecule has 0 aromatic rings. The van der Waals surface area contributed by atoms with E-state index in [4.69, 9.17) is 18.5 Å². The van der Waals surface area contributed by atoms with Gasteiger partial charge < -0.3 is 18.5 Å². The van der Waals surface area contributed by atoms with Crippen LogP contribution >= 0.6 is 9.07 Å². The van der Waals surface area contributed by atoms with E-state index in [1.807, 2.05) is 0 Å². The van der Waals surface area contributed by atoms with Crippen molar-refractivity contribution in [2.45, 2.75) is 25.6 Å². The third kappa shape index (κ3) is 4.53. The van der Waals surface area contributed by atoms with Crippen LogP contribution in [0, 0.1) is 9.97 Å². The molecular weight excluding hydrogens is 188 g/mol. The predicted octanol–water partition coefficient (Wildman–Crippen LogP) is 1.35. The minimum Gasteiger partial charge on any atom is -0.353 e. The second-order valence-electron chi connectivity index (χ2n) is 2.59. The van der Waals surface area contributed by atoms with Gasteiger partial charge in [0.1, 0.15) is 6.61 Å². The Morgan fingerprint density at radius 1 is 1.58 bits per heavy atom. The van der Waals surface area contributed by atoms with E-state index < -0.39 is 19.3 Å². The summed E-state index contributed by atoms with van der Waals surface area (Å²) < 4.78 is 13.6. The molecule has 1 atom stereocenters. The summed E-state index contributed by atoms with van der Waals surface area (Å²) in [6.45, 7) is 1.28. The van der Waals surface area contributed by atoms with Crippen molar-refractivity contribution >= 4 is 28.3 Å². The molecule has 0 amide bonds. The van der Waals surface area contributed by atoms with Gasteiger partial charge in [0.05, 0.1) is 0 Å². The lowest BCUT2D eigenvalue weighted by molar-refractivity contribution is -0.154. The molecule has 1 aliphatic rings. The van der Waals surface area contributed by atoms with E-state index in [-0.39, 0.29) is 6.29 Å². The molecule has 0 aromatic heterocycles. The van der Waals surface area contributed by atoms with Crippen LogP contribution in [0.15, 0.2) is 0 Å². The highest BCUT2D eigenvalue weighted by molar-refractivity contribution is 6.98. The number of hydrogen-bond acceptors (Lipinski definition) is 2. The maximum Gasteiger partial charge on any atom is 0.599 e. The van der Waals surface area contributed by atoms with E-state index in [9.17, 15) is 0 Å². The van der Waals surface area contributed by atoms with Gasteiger partial charge in [-0.15, -0.1) is 5.92 Å². The molecule has 0 saturated carbocycles. The molecule has 0 aliphatic carbocycles. The second-order valence-corrected chi connectivity index (χ2v) is 4.02. The Bertz CT molecular complexity index is 170. The lowest BCUT2D eigenvalue weighted by atomic mass is 10.2. The maximum absolute atomic E-state index is 5.50. The van der Waals surface area contributed by atoms with E-state index >= 15 is 0 Å². The monoisotopic (exact) mass is 198 g/mol.